The normalized spacial score (nSPS) is 13.0. The molecule has 0 spiro atoms. The summed E-state index contributed by atoms with van der Waals surface area (Å²) in [5, 5.41) is 0. The summed E-state index contributed by atoms with van der Waals surface area (Å²) in [6.07, 6.45) is 2.96. The van der Waals surface area contributed by atoms with Crippen molar-refractivity contribution in [3.8, 4) is 0 Å². The van der Waals surface area contributed by atoms with Gasteiger partial charge in [-0.2, -0.15) is 0 Å². The van der Waals surface area contributed by atoms with Crippen molar-refractivity contribution in [3.63, 3.8) is 0 Å². The van der Waals surface area contributed by atoms with Crippen LogP contribution in [0.25, 0.3) is 0 Å². The fraction of sp³-hybridized carbons (Fsp3) is 0.800. The highest BCUT2D eigenvalue weighted by Gasteiger charge is 2.09. The van der Waals surface area contributed by atoms with Crippen molar-refractivity contribution in [2.45, 2.75) is 40.0 Å². The molecule has 0 amide bonds. The van der Waals surface area contributed by atoms with Gasteiger partial charge in [-0.05, 0) is 12.3 Å². The summed E-state index contributed by atoms with van der Waals surface area (Å²) in [6, 6.07) is 0. The van der Waals surface area contributed by atoms with Gasteiger partial charge in [0.2, 0.25) is 0 Å². The Morgan fingerprint density at radius 2 is 1.92 bits per heavy atom. The van der Waals surface area contributed by atoms with Gasteiger partial charge in [-0.1, -0.05) is 20.8 Å². The van der Waals surface area contributed by atoms with Crippen LogP contribution in [-0.2, 0) is 9.59 Å². The number of rotatable bonds is 6. The SMILES string of the molecule is CC(CC=O)CCC(=O)C(C)C. The molecule has 0 bridgehead atoms. The van der Waals surface area contributed by atoms with Gasteiger partial charge in [0.05, 0.1) is 0 Å². The van der Waals surface area contributed by atoms with E-state index in [0.717, 1.165) is 12.7 Å². The minimum Gasteiger partial charge on any atom is -0.303 e. The predicted molar refractivity (Wildman–Crippen MR) is 48.9 cm³/mol. The molecule has 12 heavy (non-hydrogen) atoms. The number of Topliss-reactive ketones (excluding diaryl/α,β-unsaturated/α-hetero) is 1. The molecular formula is C10H18O2. The van der Waals surface area contributed by atoms with E-state index in [0.29, 0.717) is 24.5 Å². The molecule has 1 unspecified atom stereocenters. The summed E-state index contributed by atoms with van der Waals surface area (Å²) in [4.78, 5) is 21.3. The van der Waals surface area contributed by atoms with Crippen molar-refractivity contribution in [2.24, 2.45) is 11.8 Å². The van der Waals surface area contributed by atoms with E-state index in [1.807, 2.05) is 20.8 Å². The zero-order valence-electron chi connectivity index (χ0n) is 8.17. The highest BCUT2D eigenvalue weighted by Crippen LogP contribution is 2.11. The fourth-order valence-electron chi connectivity index (χ4n) is 0.959. The molecule has 0 heterocycles. The fourth-order valence-corrected chi connectivity index (χ4v) is 0.959. The number of aldehydes is 1. The Labute approximate surface area is 74.3 Å². The van der Waals surface area contributed by atoms with Gasteiger partial charge < -0.3 is 4.79 Å². The van der Waals surface area contributed by atoms with Gasteiger partial charge >= 0.3 is 0 Å². The Kier molecular flexibility index (Phi) is 5.60. The van der Waals surface area contributed by atoms with Gasteiger partial charge in [0, 0.05) is 18.8 Å². The Morgan fingerprint density at radius 1 is 1.33 bits per heavy atom. The zero-order valence-corrected chi connectivity index (χ0v) is 8.17. The quantitative estimate of drug-likeness (QED) is 0.573. The maximum Gasteiger partial charge on any atom is 0.135 e. The highest BCUT2D eigenvalue weighted by atomic mass is 16.1. The van der Waals surface area contributed by atoms with E-state index >= 15 is 0 Å². The molecule has 2 nitrogen and oxygen atoms in total. The Balaban J connectivity index is 3.53. The maximum atomic E-state index is 11.2. The first-order valence-electron chi connectivity index (χ1n) is 4.54. The van der Waals surface area contributed by atoms with Crippen LogP contribution in [-0.4, -0.2) is 12.1 Å². The van der Waals surface area contributed by atoms with E-state index < -0.39 is 0 Å². The Bertz CT molecular complexity index is 150. The van der Waals surface area contributed by atoms with Crippen LogP contribution in [0.2, 0.25) is 0 Å². The van der Waals surface area contributed by atoms with Gasteiger partial charge in [0.15, 0.2) is 0 Å². The van der Waals surface area contributed by atoms with E-state index in [1.165, 1.54) is 0 Å². The second-order valence-corrected chi connectivity index (χ2v) is 3.67. The van der Waals surface area contributed by atoms with Crippen molar-refractivity contribution < 1.29 is 9.59 Å². The van der Waals surface area contributed by atoms with Gasteiger partial charge in [-0.15, -0.1) is 0 Å². The number of carbonyl (C=O) groups excluding carboxylic acids is 2. The molecule has 0 N–H and O–H groups in total. The van der Waals surface area contributed by atoms with Crippen molar-refractivity contribution in [1.82, 2.24) is 0 Å². The molecule has 1 atom stereocenters. The third-order valence-corrected chi connectivity index (χ3v) is 2.03. The summed E-state index contributed by atoms with van der Waals surface area (Å²) in [6.45, 7) is 5.82. The third-order valence-electron chi connectivity index (χ3n) is 2.03. The van der Waals surface area contributed by atoms with Gasteiger partial charge in [0.25, 0.3) is 0 Å². The number of carbonyl (C=O) groups is 2. The third kappa shape index (κ3) is 5.05. The first kappa shape index (κ1) is 11.3. The topological polar surface area (TPSA) is 34.1 Å². The van der Waals surface area contributed by atoms with Crippen LogP contribution in [0.5, 0.6) is 0 Å². The largest absolute Gasteiger partial charge is 0.303 e. The van der Waals surface area contributed by atoms with E-state index in [1.54, 1.807) is 0 Å². The molecule has 0 radical (unpaired) electrons. The van der Waals surface area contributed by atoms with Gasteiger partial charge in [-0.3, -0.25) is 4.79 Å². The van der Waals surface area contributed by atoms with Crippen LogP contribution in [0.15, 0.2) is 0 Å². The lowest BCUT2D eigenvalue weighted by molar-refractivity contribution is -0.122. The lowest BCUT2D eigenvalue weighted by atomic mass is 9.97. The van der Waals surface area contributed by atoms with E-state index in [9.17, 15) is 9.59 Å². The molecule has 0 aliphatic carbocycles. The summed E-state index contributed by atoms with van der Waals surface area (Å²) in [7, 11) is 0. The van der Waals surface area contributed by atoms with Crippen molar-refractivity contribution in [3.05, 3.63) is 0 Å². The molecule has 0 aromatic rings. The monoisotopic (exact) mass is 170 g/mol. The molecule has 0 rings (SSSR count). The molecule has 70 valence electrons. The minimum atomic E-state index is 0.133. The van der Waals surface area contributed by atoms with Crippen LogP contribution < -0.4 is 0 Å². The van der Waals surface area contributed by atoms with Crippen LogP contribution in [0.1, 0.15) is 40.0 Å². The summed E-state index contributed by atoms with van der Waals surface area (Å²) < 4.78 is 0. The van der Waals surface area contributed by atoms with Crippen LogP contribution in [0, 0.1) is 11.8 Å². The maximum absolute atomic E-state index is 11.2. The smallest absolute Gasteiger partial charge is 0.135 e. The van der Waals surface area contributed by atoms with E-state index in [2.05, 4.69) is 0 Å². The lowest BCUT2D eigenvalue weighted by Crippen LogP contribution is -2.08. The molecule has 2 heteroatoms. The molecule has 0 saturated heterocycles. The Morgan fingerprint density at radius 3 is 2.33 bits per heavy atom. The molecule has 0 aliphatic heterocycles. The lowest BCUT2D eigenvalue weighted by Gasteiger charge is -2.07. The average Bonchev–Trinajstić information content (AvgIpc) is 2.00. The summed E-state index contributed by atoms with van der Waals surface area (Å²) >= 11 is 0. The highest BCUT2D eigenvalue weighted by molar-refractivity contribution is 5.80. The van der Waals surface area contributed by atoms with Crippen molar-refractivity contribution >= 4 is 12.1 Å². The minimum absolute atomic E-state index is 0.133. The zero-order chi connectivity index (χ0) is 9.56. The summed E-state index contributed by atoms with van der Waals surface area (Å²) in [5.74, 6) is 0.784. The van der Waals surface area contributed by atoms with Gasteiger partial charge in [0.1, 0.15) is 12.1 Å². The second-order valence-electron chi connectivity index (χ2n) is 3.67. The molecule has 0 fully saturated rings. The standard InChI is InChI=1S/C10H18O2/c1-8(2)10(12)5-4-9(3)6-7-11/h7-9H,4-6H2,1-3H3. The first-order chi connectivity index (χ1) is 5.57. The van der Waals surface area contributed by atoms with Crippen molar-refractivity contribution in [2.75, 3.05) is 0 Å². The van der Waals surface area contributed by atoms with Crippen molar-refractivity contribution in [1.29, 1.82) is 0 Å². The van der Waals surface area contributed by atoms with E-state index in [-0.39, 0.29) is 5.92 Å². The molecule has 0 saturated carbocycles. The van der Waals surface area contributed by atoms with Crippen LogP contribution in [0.3, 0.4) is 0 Å². The molecular weight excluding hydrogens is 152 g/mol. The number of hydrogen-bond donors (Lipinski definition) is 0. The van der Waals surface area contributed by atoms with Gasteiger partial charge in [-0.25, -0.2) is 0 Å². The molecule has 0 aromatic carbocycles. The van der Waals surface area contributed by atoms with Crippen LogP contribution in [0.4, 0.5) is 0 Å². The molecule has 0 aromatic heterocycles. The van der Waals surface area contributed by atoms with E-state index in [4.69, 9.17) is 0 Å². The Hall–Kier alpha value is -0.660. The number of hydrogen-bond acceptors (Lipinski definition) is 2. The summed E-state index contributed by atoms with van der Waals surface area (Å²) in [5.41, 5.74) is 0. The molecule has 0 aliphatic rings. The van der Waals surface area contributed by atoms with Crippen LogP contribution >= 0.6 is 0 Å². The second kappa shape index (κ2) is 5.92. The first-order valence-corrected chi connectivity index (χ1v) is 4.54. The number of ketones is 1. The predicted octanol–water partition coefficient (Wildman–Crippen LogP) is 2.22. The average molecular weight is 170 g/mol.